The van der Waals surface area contributed by atoms with Crippen LogP contribution in [0.3, 0.4) is 0 Å². The van der Waals surface area contributed by atoms with Crippen molar-refractivity contribution < 1.29 is 31.3 Å². The van der Waals surface area contributed by atoms with Crippen molar-refractivity contribution in [3.63, 3.8) is 0 Å². The molecule has 5 heterocycles. The normalized spacial score (nSPS) is 18.2. The second-order valence-electron chi connectivity index (χ2n) is 22.1. The van der Waals surface area contributed by atoms with Crippen molar-refractivity contribution in [3.8, 4) is 28.4 Å². The van der Waals surface area contributed by atoms with Gasteiger partial charge in [0.25, 0.3) is 0 Å². The third-order valence-electron chi connectivity index (χ3n) is 15.7. The molecule has 2 radical (unpaired) electrons. The standard InChI is InChI=1S/C76H61B2N6O.Pt/c1-75(2,3)59-48-65(67-31-22-43-79-41-20-18-39-77-67)74(66(49-59)68-32-23-44-80-42-21-19-40-78-68)83-53-82(70-34-16-17-35-71(70)83)60-46-55(54-24-8-5-9-25-54)47-62(51-60)85-61-36-37-64-63-30-14-15-33-69(63)84(72(64)52-61)73-50-58(38-45-81-73)76(4,56-26-10-6-11-27-56)57-28-12-7-13-29-57;/h5-50,53,79-80H,1-4H3;/q-3;/b39-18-,40-19-,41-20-,42-21-,43-22-,44-23-,67-31-,68-32-;/i14D,15D,30D,33D;. The number of nitrogens with zero attached hydrogens (tertiary/aromatic N) is 4. The molecule has 420 valence electrons. The molecule has 0 aliphatic carbocycles. The number of fused-ring (bicyclic) bond motifs is 4. The predicted octanol–water partition coefficient (Wildman–Crippen LogP) is 17.7. The molecule has 86 heavy (non-hydrogen) atoms. The van der Waals surface area contributed by atoms with Crippen molar-refractivity contribution in [3.05, 3.63) is 332 Å². The zero-order valence-electron chi connectivity index (χ0n) is 52.0. The predicted molar refractivity (Wildman–Crippen MR) is 355 cm³/mol. The first-order valence-electron chi connectivity index (χ1n) is 30.5. The Hall–Kier alpha value is -9.55. The maximum atomic E-state index is 9.46. The van der Waals surface area contributed by atoms with Gasteiger partial charge in [0.15, 0.2) is 14.6 Å². The Morgan fingerprint density at radius 3 is 1.78 bits per heavy atom. The molecule has 0 spiro atoms. The Balaban J connectivity index is 0.00000785. The Labute approximate surface area is 526 Å². The van der Waals surface area contributed by atoms with Gasteiger partial charge in [0.05, 0.1) is 5.48 Å². The van der Waals surface area contributed by atoms with Gasteiger partial charge in [-0.1, -0.05) is 183 Å². The number of para-hydroxylation sites is 3. The molecular formula is C76H61B2N6OPt-3. The van der Waals surface area contributed by atoms with Crippen LogP contribution in [0.25, 0.3) is 49.7 Å². The van der Waals surface area contributed by atoms with E-state index in [9.17, 15) is 2.74 Å². The fourth-order valence-electron chi connectivity index (χ4n) is 11.3. The minimum absolute atomic E-state index is 0. The van der Waals surface area contributed by atoms with Crippen molar-refractivity contribution in [1.29, 1.82) is 0 Å². The van der Waals surface area contributed by atoms with Crippen molar-refractivity contribution in [2.24, 2.45) is 0 Å². The minimum Gasteiger partial charge on any atom is -0.509 e. The Morgan fingerprint density at radius 2 is 1.14 bits per heavy atom. The number of pyridine rings is 1. The smallest absolute Gasteiger partial charge is 0.182 e. The summed E-state index contributed by atoms with van der Waals surface area (Å²) < 4.78 is 45.4. The van der Waals surface area contributed by atoms with Crippen molar-refractivity contribution in [2.45, 2.75) is 38.5 Å². The van der Waals surface area contributed by atoms with E-state index in [0.717, 1.165) is 67.0 Å². The average molecular weight is 1300 g/mol. The van der Waals surface area contributed by atoms with E-state index in [1.807, 2.05) is 140 Å². The van der Waals surface area contributed by atoms with E-state index in [0.29, 0.717) is 39.3 Å². The number of ether oxygens (including phenoxy) is 1. The molecule has 7 nitrogen and oxygen atoms in total. The van der Waals surface area contributed by atoms with Gasteiger partial charge >= 0.3 is 0 Å². The Kier molecular flexibility index (Phi) is 15.1. The van der Waals surface area contributed by atoms with Gasteiger partial charge < -0.3 is 29.7 Å². The summed E-state index contributed by atoms with van der Waals surface area (Å²) >= 11 is 0. The van der Waals surface area contributed by atoms with E-state index in [2.05, 4.69) is 184 Å². The van der Waals surface area contributed by atoms with Gasteiger partial charge in [0.1, 0.15) is 5.82 Å². The summed E-state index contributed by atoms with van der Waals surface area (Å²) in [5.74, 6) is 5.36. The molecule has 0 atom stereocenters. The molecular weight excluding hydrogens is 1230 g/mol. The molecule has 0 saturated carbocycles. The first-order chi connectivity index (χ1) is 43.3. The minimum atomic E-state index is -0.636. The number of hydrogen-bond donors (Lipinski definition) is 2. The third kappa shape index (κ3) is 11.4. The quantitative estimate of drug-likeness (QED) is 0.0994. The number of rotatable bonds is 11. The SMILES string of the molecule is [2H]c1c([2H])c([2H])c2c(c1[2H])c1ccc(Oc3[c-]c(N4[CH-]N(c5c(/C6=C/C=C\N/C=C\C=C/[B]6)cc(C(C)(C)C)cc5/C5=C/C=C\N/C=C\C=C/[B]5)c5ccccc54)cc(-c4ccccc4)c3)[c-]c1n2-c1cc(C(C)(c2ccccc2)c2ccccc2)ccn1.[Pt]. The van der Waals surface area contributed by atoms with Crippen LogP contribution in [0.15, 0.2) is 280 Å². The van der Waals surface area contributed by atoms with Gasteiger partial charge in [-0.3, -0.25) is 0 Å². The largest absolute Gasteiger partial charge is 0.509 e. The van der Waals surface area contributed by atoms with Crippen molar-refractivity contribution >= 4 is 70.1 Å². The van der Waals surface area contributed by atoms with E-state index in [4.69, 9.17) is 12.5 Å². The molecule has 0 amide bonds. The Morgan fingerprint density at radius 1 is 0.547 bits per heavy atom. The zero-order chi connectivity index (χ0) is 61.2. The summed E-state index contributed by atoms with van der Waals surface area (Å²) in [6, 6.07) is 62.1. The van der Waals surface area contributed by atoms with Gasteiger partial charge in [-0.05, 0) is 123 Å². The van der Waals surface area contributed by atoms with Crippen molar-refractivity contribution in [2.75, 3.05) is 9.80 Å². The molecule has 2 aromatic heterocycles. The molecule has 13 rings (SSSR count). The van der Waals surface area contributed by atoms with E-state index < -0.39 is 5.41 Å². The summed E-state index contributed by atoms with van der Waals surface area (Å²) in [4.78, 5) is 9.44. The van der Waals surface area contributed by atoms with Gasteiger partial charge in [0, 0.05) is 91.6 Å². The van der Waals surface area contributed by atoms with Crippen LogP contribution in [0.1, 0.15) is 66.6 Å². The molecule has 2 N–H and O–H groups in total. The summed E-state index contributed by atoms with van der Waals surface area (Å²) in [6.45, 7) is 11.1. The summed E-state index contributed by atoms with van der Waals surface area (Å²) in [5.41, 5.74) is 13.7. The number of anilines is 4. The average Bonchev–Trinajstić information content (AvgIpc) is 1.53. The summed E-state index contributed by atoms with van der Waals surface area (Å²) in [6.07, 6.45) is 25.8. The van der Waals surface area contributed by atoms with E-state index >= 15 is 0 Å². The monoisotopic (exact) mass is 1290 g/mol. The molecule has 0 fully saturated rings. The molecule has 10 heteroatoms. The van der Waals surface area contributed by atoms with Crippen LogP contribution >= 0.6 is 0 Å². The fraction of sp³-hybridized carbons (Fsp3) is 0.0789. The van der Waals surface area contributed by atoms with Gasteiger partial charge in [-0.15, -0.1) is 65.6 Å². The summed E-state index contributed by atoms with van der Waals surface area (Å²) in [7, 11) is 4.34. The Bertz CT molecular complexity index is 4510. The van der Waals surface area contributed by atoms with Gasteiger partial charge in [-0.2, -0.15) is 6.07 Å². The van der Waals surface area contributed by atoms with Crippen LogP contribution in [0.5, 0.6) is 11.5 Å². The van der Waals surface area contributed by atoms with Crippen LogP contribution < -0.4 is 25.2 Å². The van der Waals surface area contributed by atoms with E-state index in [1.165, 1.54) is 5.56 Å². The van der Waals surface area contributed by atoms with E-state index in [1.54, 1.807) is 16.8 Å². The molecule has 0 unspecified atom stereocenters. The fourth-order valence-corrected chi connectivity index (χ4v) is 11.3. The van der Waals surface area contributed by atoms with Gasteiger partial charge in [-0.25, -0.2) is 4.98 Å². The second-order valence-corrected chi connectivity index (χ2v) is 22.1. The molecule has 0 bridgehead atoms. The molecule has 3 aliphatic rings. The van der Waals surface area contributed by atoms with Crippen LogP contribution in [0.4, 0.5) is 22.7 Å². The van der Waals surface area contributed by atoms with Crippen molar-refractivity contribution in [1.82, 2.24) is 20.2 Å². The first kappa shape index (κ1) is 52.0. The number of benzene rings is 8. The number of allylic oxidation sites excluding steroid dienone is 8. The number of nitrogens with one attached hydrogen (secondary N) is 2. The molecule has 8 aromatic carbocycles. The maximum Gasteiger partial charge on any atom is 0.182 e. The molecule has 3 aliphatic heterocycles. The van der Waals surface area contributed by atoms with Crippen LogP contribution in [0.2, 0.25) is 0 Å². The maximum absolute atomic E-state index is 9.46. The summed E-state index contributed by atoms with van der Waals surface area (Å²) in [5, 5.41) is 7.44. The molecule has 10 aromatic rings. The first-order valence-corrected chi connectivity index (χ1v) is 28.5. The zero-order valence-corrected chi connectivity index (χ0v) is 50.3. The number of hydrogen-bond acceptors (Lipinski definition) is 6. The van der Waals surface area contributed by atoms with Gasteiger partial charge in [0.2, 0.25) is 0 Å². The van der Waals surface area contributed by atoms with E-state index in [-0.39, 0.29) is 56.2 Å². The molecule has 0 saturated heterocycles. The second kappa shape index (κ2) is 25.0. The van der Waals surface area contributed by atoms with Crippen LogP contribution in [-0.4, -0.2) is 24.1 Å². The van der Waals surface area contributed by atoms with Crippen LogP contribution in [-0.2, 0) is 31.9 Å². The number of aromatic nitrogens is 2. The van der Waals surface area contributed by atoms with Crippen LogP contribution in [0, 0.1) is 18.8 Å². The third-order valence-corrected chi connectivity index (χ3v) is 15.7. The topological polar surface area (TPSA) is 57.6 Å².